The summed E-state index contributed by atoms with van der Waals surface area (Å²) in [6, 6.07) is 15.5. The Kier molecular flexibility index (Phi) is 7.22. The first-order chi connectivity index (χ1) is 13.2. The van der Waals surface area contributed by atoms with Crippen molar-refractivity contribution in [1.82, 2.24) is 15.5 Å². The molecule has 0 amide bonds. The van der Waals surface area contributed by atoms with Crippen LogP contribution in [0, 0.1) is 5.82 Å². The molecule has 0 atom stereocenters. The van der Waals surface area contributed by atoms with Gasteiger partial charge in [0, 0.05) is 32.2 Å². The highest BCUT2D eigenvalue weighted by molar-refractivity contribution is 5.79. The van der Waals surface area contributed by atoms with Gasteiger partial charge in [0.2, 0.25) is 0 Å². The molecule has 0 aliphatic carbocycles. The van der Waals surface area contributed by atoms with Gasteiger partial charge in [-0.2, -0.15) is 0 Å². The molecule has 27 heavy (non-hydrogen) atoms. The summed E-state index contributed by atoms with van der Waals surface area (Å²) >= 11 is 0. The Morgan fingerprint density at radius 3 is 2.30 bits per heavy atom. The molecule has 3 rings (SSSR count). The van der Waals surface area contributed by atoms with Crippen LogP contribution in [-0.2, 0) is 19.6 Å². The minimum Gasteiger partial charge on any atom is -0.352 e. The van der Waals surface area contributed by atoms with Gasteiger partial charge in [0.05, 0.1) is 0 Å². The van der Waals surface area contributed by atoms with Gasteiger partial charge in [-0.05, 0) is 43.1 Å². The minimum atomic E-state index is -0.204. The summed E-state index contributed by atoms with van der Waals surface area (Å²) in [5, 5.41) is 6.44. The van der Waals surface area contributed by atoms with Crippen molar-refractivity contribution < 1.29 is 4.39 Å². The molecule has 0 bridgehead atoms. The molecule has 0 radical (unpaired) electrons. The van der Waals surface area contributed by atoms with Crippen molar-refractivity contribution in [1.29, 1.82) is 0 Å². The molecule has 0 aromatic heterocycles. The van der Waals surface area contributed by atoms with Crippen molar-refractivity contribution in [2.75, 3.05) is 20.1 Å². The number of nitrogens with zero attached hydrogens (tertiary/aromatic N) is 2. The second kappa shape index (κ2) is 10.1. The Morgan fingerprint density at radius 1 is 0.926 bits per heavy atom. The molecule has 0 unspecified atom stereocenters. The second-order valence-corrected chi connectivity index (χ2v) is 7.02. The third-order valence-corrected chi connectivity index (χ3v) is 4.97. The molecule has 2 aromatic rings. The zero-order valence-corrected chi connectivity index (χ0v) is 16.0. The summed E-state index contributed by atoms with van der Waals surface area (Å²) in [5.74, 6) is 0.459. The van der Waals surface area contributed by atoms with Crippen LogP contribution in [0.2, 0.25) is 0 Å². The molecule has 4 nitrogen and oxygen atoms in total. The summed E-state index contributed by atoms with van der Waals surface area (Å²) in [7, 11) is 1.72. The van der Waals surface area contributed by atoms with Crippen LogP contribution in [0.25, 0.3) is 0 Å². The van der Waals surface area contributed by atoms with E-state index in [-0.39, 0.29) is 5.82 Å². The fourth-order valence-electron chi connectivity index (χ4n) is 3.37. The highest BCUT2D eigenvalue weighted by atomic mass is 19.1. The Balaban J connectivity index is 1.46. The summed E-state index contributed by atoms with van der Waals surface area (Å²) < 4.78 is 13.7. The lowest BCUT2D eigenvalue weighted by Crippen LogP contribution is -2.36. The van der Waals surface area contributed by atoms with Crippen LogP contribution in [0.15, 0.2) is 53.5 Å². The number of hydrogen-bond acceptors (Lipinski definition) is 2. The molecule has 1 heterocycles. The lowest BCUT2D eigenvalue weighted by molar-refractivity contribution is 0.221. The normalized spacial score (nSPS) is 15.6. The summed E-state index contributed by atoms with van der Waals surface area (Å²) in [6.07, 6.45) is 4.01. The van der Waals surface area contributed by atoms with Crippen molar-refractivity contribution in [3.63, 3.8) is 0 Å². The number of halogens is 1. The van der Waals surface area contributed by atoms with Crippen molar-refractivity contribution in [2.24, 2.45) is 4.99 Å². The standard InChI is InChI=1S/C22H29FN4/c1-24-22(26-16-20-7-3-4-8-21(20)23)25-15-18-9-11-19(12-10-18)17-27-13-5-2-6-14-27/h3-4,7-12H,2,5-6,13-17H2,1H3,(H2,24,25,26). The largest absolute Gasteiger partial charge is 0.352 e. The van der Waals surface area contributed by atoms with Crippen LogP contribution in [-0.4, -0.2) is 31.0 Å². The number of piperidine rings is 1. The van der Waals surface area contributed by atoms with Gasteiger partial charge < -0.3 is 10.6 Å². The van der Waals surface area contributed by atoms with E-state index in [4.69, 9.17) is 0 Å². The quantitative estimate of drug-likeness (QED) is 0.604. The number of hydrogen-bond donors (Lipinski definition) is 2. The topological polar surface area (TPSA) is 39.7 Å². The molecular formula is C22H29FN4. The molecule has 0 saturated carbocycles. The first kappa shape index (κ1) is 19.4. The zero-order chi connectivity index (χ0) is 18.9. The van der Waals surface area contributed by atoms with E-state index in [9.17, 15) is 4.39 Å². The van der Waals surface area contributed by atoms with Crippen LogP contribution in [0.3, 0.4) is 0 Å². The highest BCUT2D eigenvalue weighted by Crippen LogP contribution is 2.13. The van der Waals surface area contributed by atoms with E-state index in [0.29, 0.717) is 24.6 Å². The molecule has 0 spiro atoms. The maximum atomic E-state index is 13.7. The lowest BCUT2D eigenvalue weighted by Gasteiger charge is -2.26. The fourth-order valence-corrected chi connectivity index (χ4v) is 3.37. The van der Waals surface area contributed by atoms with Crippen molar-refractivity contribution in [2.45, 2.75) is 38.9 Å². The van der Waals surface area contributed by atoms with Crippen molar-refractivity contribution in [3.8, 4) is 0 Å². The van der Waals surface area contributed by atoms with E-state index in [1.54, 1.807) is 19.2 Å². The predicted molar refractivity (Wildman–Crippen MR) is 109 cm³/mol. The van der Waals surface area contributed by atoms with Crippen LogP contribution in [0.5, 0.6) is 0 Å². The van der Waals surface area contributed by atoms with E-state index in [1.165, 1.54) is 49.5 Å². The number of nitrogens with one attached hydrogen (secondary N) is 2. The molecule has 1 fully saturated rings. The molecule has 1 saturated heterocycles. The van der Waals surface area contributed by atoms with Gasteiger partial charge in [0.15, 0.2) is 5.96 Å². The van der Waals surface area contributed by atoms with Gasteiger partial charge in [-0.15, -0.1) is 0 Å². The third kappa shape index (κ3) is 6.07. The Bertz CT molecular complexity index is 736. The summed E-state index contributed by atoms with van der Waals surface area (Å²) in [4.78, 5) is 6.74. The van der Waals surface area contributed by atoms with Crippen LogP contribution >= 0.6 is 0 Å². The lowest BCUT2D eigenvalue weighted by atomic mass is 10.1. The van der Waals surface area contributed by atoms with Gasteiger partial charge in [-0.25, -0.2) is 4.39 Å². The van der Waals surface area contributed by atoms with Gasteiger partial charge in [-0.1, -0.05) is 48.9 Å². The van der Waals surface area contributed by atoms with Crippen LogP contribution in [0.1, 0.15) is 36.0 Å². The van der Waals surface area contributed by atoms with E-state index in [1.807, 2.05) is 6.07 Å². The number of guanidine groups is 1. The van der Waals surface area contributed by atoms with Crippen LogP contribution in [0.4, 0.5) is 4.39 Å². The fraction of sp³-hybridized carbons (Fsp3) is 0.409. The van der Waals surface area contributed by atoms with Gasteiger partial charge in [0.25, 0.3) is 0 Å². The number of benzene rings is 2. The monoisotopic (exact) mass is 368 g/mol. The Hall–Kier alpha value is -2.40. The highest BCUT2D eigenvalue weighted by Gasteiger charge is 2.10. The van der Waals surface area contributed by atoms with Crippen molar-refractivity contribution >= 4 is 5.96 Å². The average molecular weight is 368 g/mol. The zero-order valence-electron chi connectivity index (χ0n) is 16.0. The van der Waals surface area contributed by atoms with E-state index in [2.05, 4.69) is 44.8 Å². The number of likely N-dealkylation sites (tertiary alicyclic amines) is 1. The molecule has 1 aliphatic heterocycles. The Labute approximate surface area is 161 Å². The molecule has 5 heteroatoms. The van der Waals surface area contributed by atoms with E-state index >= 15 is 0 Å². The average Bonchev–Trinajstić information content (AvgIpc) is 2.71. The summed E-state index contributed by atoms with van der Waals surface area (Å²) in [5.41, 5.74) is 3.19. The Morgan fingerprint density at radius 2 is 1.59 bits per heavy atom. The van der Waals surface area contributed by atoms with Gasteiger partial charge in [0.1, 0.15) is 5.82 Å². The van der Waals surface area contributed by atoms with Gasteiger partial charge >= 0.3 is 0 Å². The van der Waals surface area contributed by atoms with Crippen molar-refractivity contribution in [3.05, 3.63) is 71.0 Å². The molecule has 2 aromatic carbocycles. The maximum absolute atomic E-state index is 13.7. The predicted octanol–water partition coefficient (Wildman–Crippen LogP) is 3.68. The first-order valence-electron chi connectivity index (χ1n) is 9.72. The minimum absolute atomic E-state index is 0.204. The molecule has 144 valence electrons. The second-order valence-electron chi connectivity index (χ2n) is 7.02. The van der Waals surface area contributed by atoms with E-state index < -0.39 is 0 Å². The van der Waals surface area contributed by atoms with E-state index in [0.717, 1.165) is 6.54 Å². The SMILES string of the molecule is CN=C(NCc1ccc(CN2CCCCC2)cc1)NCc1ccccc1F. The summed E-state index contributed by atoms with van der Waals surface area (Å²) in [6.45, 7) is 4.56. The van der Waals surface area contributed by atoms with Gasteiger partial charge in [-0.3, -0.25) is 9.89 Å². The number of rotatable bonds is 6. The van der Waals surface area contributed by atoms with Crippen LogP contribution < -0.4 is 10.6 Å². The smallest absolute Gasteiger partial charge is 0.191 e. The maximum Gasteiger partial charge on any atom is 0.191 e. The molecule has 2 N–H and O–H groups in total. The molecular weight excluding hydrogens is 339 g/mol. The first-order valence-corrected chi connectivity index (χ1v) is 9.72. The third-order valence-electron chi connectivity index (χ3n) is 4.97. The molecule has 1 aliphatic rings. The number of aliphatic imine (C=N–C) groups is 1.